The van der Waals surface area contributed by atoms with Crippen LogP contribution in [0.4, 0.5) is 8.78 Å². The molecule has 0 aliphatic carbocycles. The van der Waals surface area contributed by atoms with E-state index in [1.54, 1.807) is 0 Å². The molecule has 0 saturated carbocycles. The fraction of sp³-hybridized carbons (Fsp3) is 0.385. The van der Waals surface area contributed by atoms with E-state index in [1.165, 1.54) is 6.07 Å². The predicted molar refractivity (Wildman–Crippen MR) is 80.2 cm³/mol. The van der Waals surface area contributed by atoms with Gasteiger partial charge in [-0.05, 0) is 28.1 Å². The van der Waals surface area contributed by atoms with Crippen molar-refractivity contribution >= 4 is 27.7 Å². The van der Waals surface area contributed by atoms with Crippen LogP contribution in [0.3, 0.4) is 0 Å². The molecule has 1 fully saturated rings. The van der Waals surface area contributed by atoms with Crippen LogP contribution in [0.1, 0.15) is 5.89 Å². The molecule has 0 spiro atoms. The van der Waals surface area contributed by atoms with Crippen molar-refractivity contribution in [1.29, 1.82) is 0 Å². The van der Waals surface area contributed by atoms with E-state index < -0.39 is 11.6 Å². The molecule has 0 radical (unpaired) electrons. The summed E-state index contributed by atoms with van der Waals surface area (Å²) in [6, 6.07) is 2.77. The summed E-state index contributed by atoms with van der Waals surface area (Å²) in [5.74, 6) is 0.961. The number of benzene rings is 1. The van der Waals surface area contributed by atoms with Crippen LogP contribution in [0.5, 0.6) is 0 Å². The Morgan fingerprint density at radius 1 is 1.43 bits per heavy atom. The summed E-state index contributed by atoms with van der Waals surface area (Å²) in [6.07, 6.45) is 0.626. The third-order valence-corrected chi connectivity index (χ3v) is 5.07. The predicted octanol–water partition coefficient (Wildman–Crippen LogP) is 3.02. The van der Waals surface area contributed by atoms with Gasteiger partial charge in [0.15, 0.2) is 11.6 Å². The SMILES string of the molecule is Fc1ccc(-c2noc(CC3CSCCN3)n2)c(Br)c1F. The monoisotopic (exact) mass is 375 g/mol. The fourth-order valence-corrected chi connectivity index (χ4v) is 3.56. The van der Waals surface area contributed by atoms with Crippen LogP contribution in [-0.4, -0.2) is 34.2 Å². The number of nitrogens with one attached hydrogen (secondary N) is 1. The molecular formula is C13H12BrF2N3OS. The van der Waals surface area contributed by atoms with Gasteiger partial charge in [-0.25, -0.2) is 8.78 Å². The Labute approximate surface area is 132 Å². The maximum atomic E-state index is 13.5. The molecule has 2 heterocycles. The summed E-state index contributed by atoms with van der Waals surface area (Å²) in [7, 11) is 0. The molecule has 1 unspecified atom stereocenters. The number of nitrogens with zero attached hydrogens (tertiary/aromatic N) is 2. The van der Waals surface area contributed by atoms with E-state index in [2.05, 4.69) is 31.4 Å². The second kappa shape index (κ2) is 6.41. The molecule has 8 heteroatoms. The van der Waals surface area contributed by atoms with Crippen LogP contribution >= 0.6 is 27.7 Å². The van der Waals surface area contributed by atoms with Crippen molar-refractivity contribution in [3.8, 4) is 11.4 Å². The topological polar surface area (TPSA) is 51.0 Å². The molecule has 0 bridgehead atoms. The number of hydrogen-bond acceptors (Lipinski definition) is 5. The highest BCUT2D eigenvalue weighted by Crippen LogP contribution is 2.30. The molecule has 1 aromatic carbocycles. The van der Waals surface area contributed by atoms with E-state index in [0.29, 0.717) is 23.9 Å². The molecule has 1 atom stereocenters. The second-order valence-electron chi connectivity index (χ2n) is 4.66. The van der Waals surface area contributed by atoms with E-state index in [0.717, 1.165) is 24.1 Å². The van der Waals surface area contributed by atoms with Crippen molar-refractivity contribution in [2.24, 2.45) is 0 Å². The molecule has 21 heavy (non-hydrogen) atoms. The van der Waals surface area contributed by atoms with E-state index in [1.807, 2.05) is 11.8 Å². The quantitative estimate of drug-likeness (QED) is 0.835. The van der Waals surface area contributed by atoms with E-state index in [4.69, 9.17) is 4.52 Å². The first-order valence-electron chi connectivity index (χ1n) is 6.42. The van der Waals surface area contributed by atoms with Gasteiger partial charge >= 0.3 is 0 Å². The number of rotatable bonds is 3. The van der Waals surface area contributed by atoms with Crippen LogP contribution in [0.15, 0.2) is 21.1 Å². The first kappa shape index (κ1) is 14.9. The van der Waals surface area contributed by atoms with Crippen LogP contribution < -0.4 is 5.32 Å². The summed E-state index contributed by atoms with van der Waals surface area (Å²) in [5.41, 5.74) is 0.370. The Morgan fingerprint density at radius 3 is 3.05 bits per heavy atom. The Morgan fingerprint density at radius 2 is 2.29 bits per heavy atom. The summed E-state index contributed by atoms with van der Waals surface area (Å²) in [6.45, 7) is 0.963. The van der Waals surface area contributed by atoms with Crippen molar-refractivity contribution in [2.45, 2.75) is 12.5 Å². The maximum absolute atomic E-state index is 13.5. The molecule has 0 amide bonds. The number of hydrogen-bond donors (Lipinski definition) is 1. The molecule has 1 aliphatic rings. The van der Waals surface area contributed by atoms with Gasteiger partial charge in [-0.15, -0.1) is 0 Å². The van der Waals surface area contributed by atoms with Crippen LogP contribution in [-0.2, 0) is 6.42 Å². The smallest absolute Gasteiger partial charge is 0.228 e. The molecule has 1 aliphatic heterocycles. The minimum atomic E-state index is -0.954. The molecule has 1 saturated heterocycles. The highest BCUT2D eigenvalue weighted by molar-refractivity contribution is 9.10. The van der Waals surface area contributed by atoms with Gasteiger partial charge < -0.3 is 9.84 Å². The van der Waals surface area contributed by atoms with Crippen molar-refractivity contribution in [3.05, 3.63) is 34.1 Å². The van der Waals surface area contributed by atoms with Crippen molar-refractivity contribution < 1.29 is 13.3 Å². The van der Waals surface area contributed by atoms with E-state index in [-0.39, 0.29) is 10.3 Å². The van der Waals surface area contributed by atoms with Gasteiger partial charge in [0.25, 0.3) is 0 Å². The Kier molecular flexibility index (Phi) is 4.56. The van der Waals surface area contributed by atoms with E-state index >= 15 is 0 Å². The average Bonchev–Trinajstić information content (AvgIpc) is 2.94. The van der Waals surface area contributed by atoms with E-state index in [9.17, 15) is 8.78 Å². The zero-order valence-corrected chi connectivity index (χ0v) is 13.3. The van der Waals surface area contributed by atoms with Gasteiger partial charge in [-0.2, -0.15) is 16.7 Å². The molecule has 112 valence electrons. The van der Waals surface area contributed by atoms with Gasteiger partial charge in [0.1, 0.15) is 0 Å². The van der Waals surface area contributed by atoms with Crippen LogP contribution in [0, 0.1) is 11.6 Å². The van der Waals surface area contributed by atoms with Gasteiger partial charge in [0, 0.05) is 36.1 Å². The highest BCUT2D eigenvalue weighted by atomic mass is 79.9. The molecule has 1 aromatic heterocycles. The lowest BCUT2D eigenvalue weighted by atomic mass is 10.2. The minimum absolute atomic E-state index is 0.00111. The molecule has 1 N–H and O–H groups in total. The van der Waals surface area contributed by atoms with Crippen molar-refractivity contribution in [3.63, 3.8) is 0 Å². The maximum Gasteiger partial charge on any atom is 0.228 e. The number of halogens is 3. The largest absolute Gasteiger partial charge is 0.339 e. The Balaban J connectivity index is 1.80. The highest BCUT2D eigenvalue weighted by Gasteiger charge is 2.20. The minimum Gasteiger partial charge on any atom is -0.339 e. The standard InChI is InChI=1S/C13H12BrF2N3OS/c14-11-8(1-2-9(15)12(11)16)13-18-10(20-19-13)5-7-6-21-4-3-17-7/h1-2,7,17H,3-6H2. The lowest BCUT2D eigenvalue weighted by molar-refractivity contribution is 0.363. The first-order valence-corrected chi connectivity index (χ1v) is 8.37. The van der Waals surface area contributed by atoms with Crippen molar-refractivity contribution in [1.82, 2.24) is 15.5 Å². The van der Waals surface area contributed by atoms with Crippen LogP contribution in [0.25, 0.3) is 11.4 Å². The van der Waals surface area contributed by atoms with Gasteiger partial charge in [0.05, 0.1) is 4.47 Å². The van der Waals surface area contributed by atoms with Gasteiger partial charge in [0.2, 0.25) is 11.7 Å². The normalized spacial score (nSPS) is 18.9. The number of aromatic nitrogens is 2. The van der Waals surface area contributed by atoms with Crippen LogP contribution in [0.2, 0.25) is 0 Å². The lowest BCUT2D eigenvalue weighted by Crippen LogP contribution is -2.38. The van der Waals surface area contributed by atoms with Crippen molar-refractivity contribution in [2.75, 3.05) is 18.1 Å². The first-order chi connectivity index (χ1) is 10.1. The molecular weight excluding hydrogens is 364 g/mol. The zero-order valence-electron chi connectivity index (χ0n) is 10.9. The lowest BCUT2D eigenvalue weighted by Gasteiger charge is -2.21. The summed E-state index contributed by atoms with van der Waals surface area (Å²) in [5, 5.41) is 7.22. The van der Waals surface area contributed by atoms with Gasteiger partial charge in [-0.3, -0.25) is 0 Å². The summed E-state index contributed by atoms with van der Waals surface area (Å²) in [4.78, 5) is 4.26. The van der Waals surface area contributed by atoms with Gasteiger partial charge in [-0.1, -0.05) is 5.16 Å². The third-order valence-electron chi connectivity index (χ3n) is 3.16. The molecule has 4 nitrogen and oxygen atoms in total. The summed E-state index contributed by atoms with van der Waals surface area (Å²) < 4.78 is 31.8. The Bertz CT molecular complexity index is 646. The summed E-state index contributed by atoms with van der Waals surface area (Å²) >= 11 is 4.90. The molecule has 2 aromatic rings. The second-order valence-corrected chi connectivity index (χ2v) is 6.61. The zero-order chi connectivity index (χ0) is 14.8. The molecule has 3 rings (SSSR count). The number of thioether (sulfide) groups is 1. The average molecular weight is 376 g/mol. The third kappa shape index (κ3) is 3.27. The Hall–Kier alpha value is -0.990. The fourth-order valence-electron chi connectivity index (χ4n) is 2.11.